The Bertz CT molecular complexity index is 507. The monoisotopic (exact) mass is 238 g/mol. The minimum atomic E-state index is -1.09. The summed E-state index contributed by atoms with van der Waals surface area (Å²) in [5, 5.41) is 27.9. The van der Waals surface area contributed by atoms with Crippen LogP contribution in [0.4, 0.5) is 5.69 Å². The van der Waals surface area contributed by atoms with Gasteiger partial charge in [-0.1, -0.05) is 6.07 Å². The van der Waals surface area contributed by atoms with E-state index in [0.29, 0.717) is 0 Å². The molecule has 0 radical (unpaired) electrons. The second kappa shape index (κ2) is 4.63. The summed E-state index contributed by atoms with van der Waals surface area (Å²) in [4.78, 5) is 20.4. The lowest BCUT2D eigenvalue weighted by atomic mass is 10.1. The average Bonchev–Trinajstić information content (AvgIpc) is 2.19. The van der Waals surface area contributed by atoms with E-state index in [1.165, 1.54) is 6.07 Å². The van der Waals surface area contributed by atoms with Crippen molar-refractivity contribution in [3.63, 3.8) is 0 Å². The summed E-state index contributed by atoms with van der Waals surface area (Å²) in [6.45, 7) is 0. The Morgan fingerprint density at radius 2 is 2.25 bits per heavy atom. The van der Waals surface area contributed by atoms with Gasteiger partial charge >= 0.3 is 5.97 Å². The summed E-state index contributed by atoms with van der Waals surface area (Å²) < 4.78 is 0. The summed E-state index contributed by atoms with van der Waals surface area (Å²) in [5.74, 6) is -1.09. The quantitative estimate of drug-likeness (QED) is 0.470. The van der Waals surface area contributed by atoms with Crippen molar-refractivity contribution < 1.29 is 14.8 Å². The van der Waals surface area contributed by atoms with Gasteiger partial charge in [0.15, 0.2) is 0 Å². The smallest absolute Gasteiger partial charge is 0.307 e. The third-order valence-corrected chi connectivity index (χ3v) is 2.40. The SMILES string of the molecule is N#Cc1c([N+](=O)[O-])ccc(CC(=O)O)c1S. The van der Waals surface area contributed by atoms with Crippen molar-refractivity contribution in [2.75, 3.05) is 0 Å². The van der Waals surface area contributed by atoms with Crippen LogP contribution in [0.1, 0.15) is 11.1 Å². The molecule has 1 aromatic carbocycles. The highest BCUT2D eigenvalue weighted by Gasteiger charge is 2.19. The Balaban J connectivity index is 3.35. The lowest BCUT2D eigenvalue weighted by Gasteiger charge is -2.04. The first kappa shape index (κ1) is 12.0. The van der Waals surface area contributed by atoms with Crippen LogP contribution in [0.3, 0.4) is 0 Å². The number of rotatable bonds is 3. The third kappa shape index (κ3) is 2.29. The standard InChI is InChI=1S/C9H6N2O4S/c10-4-6-7(11(14)15)2-1-5(9(6)16)3-8(12)13/h1-2,16H,3H2,(H,12,13). The number of nitriles is 1. The Morgan fingerprint density at radius 1 is 1.62 bits per heavy atom. The van der Waals surface area contributed by atoms with Crippen molar-refractivity contribution >= 4 is 24.3 Å². The van der Waals surface area contributed by atoms with Crippen molar-refractivity contribution in [2.45, 2.75) is 11.3 Å². The highest BCUT2D eigenvalue weighted by molar-refractivity contribution is 7.80. The van der Waals surface area contributed by atoms with E-state index in [9.17, 15) is 14.9 Å². The fraction of sp³-hybridized carbons (Fsp3) is 0.111. The molecule has 0 heterocycles. The zero-order chi connectivity index (χ0) is 12.3. The lowest BCUT2D eigenvalue weighted by Crippen LogP contribution is -2.03. The van der Waals surface area contributed by atoms with Crippen LogP contribution in [0.25, 0.3) is 0 Å². The molecule has 0 spiro atoms. The van der Waals surface area contributed by atoms with E-state index in [1.807, 2.05) is 0 Å². The maximum Gasteiger partial charge on any atom is 0.307 e. The molecule has 0 aliphatic carbocycles. The Morgan fingerprint density at radius 3 is 2.69 bits per heavy atom. The fourth-order valence-corrected chi connectivity index (χ4v) is 1.51. The van der Waals surface area contributed by atoms with Gasteiger partial charge in [0.2, 0.25) is 0 Å². The molecule has 0 saturated heterocycles. The van der Waals surface area contributed by atoms with E-state index in [1.54, 1.807) is 6.07 Å². The molecule has 0 unspecified atom stereocenters. The van der Waals surface area contributed by atoms with Crippen LogP contribution in [-0.4, -0.2) is 16.0 Å². The number of hydrogen-bond acceptors (Lipinski definition) is 5. The van der Waals surface area contributed by atoms with Crippen LogP contribution in [-0.2, 0) is 11.2 Å². The van der Waals surface area contributed by atoms with Gasteiger partial charge in [0.05, 0.1) is 11.3 Å². The molecular weight excluding hydrogens is 232 g/mol. The van der Waals surface area contributed by atoms with Crippen LogP contribution >= 0.6 is 12.6 Å². The molecule has 0 amide bonds. The van der Waals surface area contributed by atoms with Crippen LogP contribution in [0.5, 0.6) is 0 Å². The number of nitrogens with zero attached hydrogens (tertiary/aromatic N) is 2. The molecule has 0 atom stereocenters. The van der Waals surface area contributed by atoms with E-state index >= 15 is 0 Å². The number of benzene rings is 1. The maximum atomic E-state index is 10.6. The van der Waals surface area contributed by atoms with Crippen molar-refractivity contribution in [1.29, 1.82) is 5.26 Å². The van der Waals surface area contributed by atoms with E-state index in [0.717, 1.165) is 6.07 Å². The molecule has 1 N–H and O–H groups in total. The lowest BCUT2D eigenvalue weighted by molar-refractivity contribution is -0.385. The van der Waals surface area contributed by atoms with Gasteiger partial charge in [-0.25, -0.2) is 0 Å². The Labute approximate surface area is 95.7 Å². The second-order valence-corrected chi connectivity index (χ2v) is 3.35. The van der Waals surface area contributed by atoms with E-state index in [2.05, 4.69) is 12.6 Å². The van der Waals surface area contributed by atoms with Gasteiger partial charge in [0, 0.05) is 11.0 Å². The summed E-state index contributed by atoms with van der Waals surface area (Å²) in [7, 11) is 0. The zero-order valence-electron chi connectivity index (χ0n) is 7.88. The molecule has 1 aromatic rings. The first-order valence-electron chi connectivity index (χ1n) is 4.08. The minimum Gasteiger partial charge on any atom is -0.481 e. The highest BCUT2D eigenvalue weighted by atomic mass is 32.1. The Kier molecular flexibility index (Phi) is 3.48. The molecule has 0 aromatic heterocycles. The second-order valence-electron chi connectivity index (χ2n) is 2.91. The molecule has 0 aliphatic rings. The van der Waals surface area contributed by atoms with E-state index in [-0.39, 0.29) is 28.1 Å². The molecular formula is C9H6N2O4S. The number of nitro groups is 1. The Hall–Kier alpha value is -2.07. The molecule has 16 heavy (non-hydrogen) atoms. The number of aliphatic carboxylic acids is 1. The van der Waals surface area contributed by atoms with Crippen LogP contribution in [0, 0.1) is 21.4 Å². The number of nitro benzene ring substituents is 1. The van der Waals surface area contributed by atoms with Crippen molar-refractivity contribution in [2.24, 2.45) is 0 Å². The summed E-state index contributed by atoms with van der Waals surface area (Å²) in [5.41, 5.74) is -0.313. The van der Waals surface area contributed by atoms with Crippen molar-refractivity contribution in [3.05, 3.63) is 33.4 Å². The zero-order valence-corrected chi connectivity index (χ0v) is 8.77. The molecule has 7 heteroatoms. The minimum absolute atomic E-state index is 0.0408. The number of carboxylic acid groups (broad SMARTS) is 1. The van der Waals surface area contributed by atoms with Crippen LogP contribution in [0.15, 0.2) is 17.0 Å². The predicted molar refractivity (Wildman–Crippen MR) is 56.4 cm³/mol. The first-order valence-corrected chi connectivity index (χ1v) is 4.53. The molecule has 0 saturated carbocycles. The topological polar surface area (TPSA) is 104 Å². The van der Waals surface area contributed by atoms with Gasteiger partial charge in [-0.05, 0) is 5.56 Å². The van der Waals surface area contributed by atoms with Gasteiger partial charge in [0.1, 0.15) is 11.6 Å². The van der Waals surface area contributed by atoms with Gasteiger partial charge in [-0.15, -0.1) is 12.6 Å². The number of carboxylic acids is 1. The van der Waals surface area contributed by atoms with Crippen LogP contribution < -0.4 is 0 Å². The molecule has 82 valence electrons. The van der Waals surface area contributed by atoms with E-state index in [4.69, 9.17) is 10.4 Å². The molecule has 0 aliphatic heterocycles. The number of thiol groups is 1. The summed E-state index contributed by atoms with van der Waals surface area (Å²) >= 11 is 3.94. The average molecular weight is 238 g/mol. The molecule has 1 rings (SSSR count). The van der Waals surface area contributed by atoms with Gasteiger partial charge in [-0.2, -0.15) is 5.26 Å². The number of carbonyl (C=O) groups is 1. The van der Waals surface area contributed by atoms with Crippen molar-refractivity contribution in [1.82, 2.24) is 0 Å². The van der Waals surface area contributed by atoms with Crippen LogP contribution in [0.2, 0.25) is 0 Å². The van der Waals surface area contributed by atoms with Gasteiger partial charge in [0.25, 0.3) is 5.69 Å². The summed E-state index contributed by atoms with van der Waals surface area (Å²) in [6, 6.07) is 4.04. The predicted octanol–water partition coefficient (Wildman–Crippen LogP) is 1.38. The molecule has 0 bridgehead atoms. The molecule has 6 nitrogen and oxygen atoms in total. The fourth-order valence-electron chi connectivity index (χ4n) is 1.19. The maximum absolute atomic E-state index is 10.6. The largest absolute Gasteiger partial charge is 0.481 e. The van der Waals surface area contributed by atoms with Crippen molar-refractivity contribution in [3.8, 4) is 6.07 Å². The molecule has 0 fully saturated rings. The number of hydrogen-bond donors (Lipinski definition) is 2. The normalized spacial score (nSPS) is 9.50. The summed E-state index contributed by atoms with van der Waals surface area (Å²) in [6.07, 6.45) is -0.328. The third-order valence-electron chi connectivity index (χ3n) is 1.89. The highest BCUT2D eigenvalue weighted by Crippen LogP contribution is 2.27. The van der Waals surface area contributed by atoms with E-state index < -0.39 is 10.9 Å². The first-order chi connectivity index (χ1) is 7.47. The van der Waals surface area contributed by atoms with Gasteiger partial charge in [-0.3, -0.25) is 14.9 Å². The van der Waals surface area contributed by atoms with Gasteiger partial charge < -0.3 is 5.11 Å².